The van der Waals surface area contributed by atoms with Crippen LogP contribution in [-0.4, -0.2) is 19.0 Å². The summed E-state index contributed by atoms with van der Waals surface area (Å²) in [6.45, 7) is 6.72. The fourth-order valence-corrected chi connectivity index (χ4v) is 1.61. The lowest BCUT2D eigenvalue weighted by molar-refractivity contribution is 0.607. The van der Waals surface area contributed by atoms with E-state index < -0.39 is 0 Å². The fourth-order valence-electron chi connectivity index (χ4n) is 1.61. The van der Waals surface area contributed by atoms with Crippen LogP contribution in [0.3, 0.4) is 0 Å². The van der Waals surface area contributed by atoms with Gasteiger partial charge < -0.3 is 10.6 Å². The molecule has 0 heterocycles. The van der Waals surface area contributed by atoms with E-state index in [2.05, 4.69) is 21.5 Å². The SMILES string of the molecule is C#CCN=C(NCC)NC(C)c1ccc(C)c(F)c1. The number of aliphatic imine (C=N–C) groups is 1. The first-order valence-corrected chi connectivity index (χ1v) is 6.32. The second-order valence-electron chi connectivity index (χ2n) is 4.27. The van der Waals surface area contributed by atoms with Crippen molar-refractivity contribution < 1.29 is 4.39 Å². The van der Waals surface area contributed by atoms with Crippen LogP contribution in [0.4, 0.5) is 4.39 Å². The van der Waals surface area contributed by atoms with E-state index in [1.807, 2.05) is 19.9 Å². The Morgan fingerprint density at radius 2 is 2.26 bits per heavy atom. The van der Waals surface area contributed by atoms with Gasteiger partial charge in [0.25, 0.3) is 0 Å². The van der Waals surface area contributed by atoms with Crippen LogP contribution in [0.5, 0.6) is 0 Å². The fraction of sp³-hybridized carbons (Fsp3) is 0.400. The molecule has 1 aromatic carbocycles. The van der Waals surface area contributed by atoms with Crippen LogP contribution in [0, 0.1) is 25.1 Å². The lowest BCUT2D eigenvalue weighted by atomic mass is 10.1. The van der Waals surface area contributed by atoms with Crippen molar-refractivity contribution in [2.75, 3.05) is 13.1 Å². The van der Waals surface area contributed by atoms with E-state index in [0.717, 1.165) is 12.1 Å². The highest BCUT2D eigenvalue weighted by Gasteiger charge is 2.09. The molecule has 0 aliphatic rings. The number of guanidine groups is 1. The van der Waals surface area contributed by atoms with Crippen molar-refractivity contribution in [1.29, 1.82) is 0 Å². The number of hydrogen-bond acceptors (Lipinski definition) is 1. The monoisotopic (exact) mass is 261 g/mol. The van der Waals surface area contributed by atoms with Crippen LogP contribution in [0.15, 0.2) is 23.2 Å². The predicted molar refractivity (Wildman–Crippen MR) is 77.5 cm³/mol. The zero-order valence-electron chi connectivity index (χ0n) is 11.6. The van der Waals surface area contributed by atoms with Gasteiger partial charge in [0.2, 0.25) is 0 Å². The molecule has 0 amide bonds. The van der Waals surface area contributed by atoms with Crippen LogP contribution in [0.25, 0.3) is 0 Å². The molecule has 0 saturated carbocycles. The molecule has 2 N–H and O–H groups in total. The molecule has 3 nitrogen and oxygen atoms in total. The standard InChI is InChI=1S/C15H20FN3/c1-5-9-18-15(17-6-2)19-12(4)13-8-7-11(3)14(16)10-13/h1,7-8,10,12H,6,9H2,2-4H3,(H2,17,18,19). The Hall–Kier alpha value is -2.02. The molecular weight excluding hydrogens is 241 g/mol. The summed E-state index contributed by atoms with van der Waals surface area (Å²) in [5.41, 5.74) is 1.51. The summed E-state index contributed by atoms with van der Waals surface area (Å²) >= 11 is 0. The second-order valence-corrected chi connectivity index (χ2v) is 4.27. The van der Waals surface area contributed by atoms with E-state index in [0.29, 0.717) is 18.1 Å². The van der Waals surface area contributed by atoms with Crippen molar-refractivity contribution in [3.05, 3.63) is 35.1 Å². The van der Waals surface area contributed by atoms with E-state index in [1.165, 1.54) is 6.07 Å². The van der Waals surface area contributed by atoms with Gasteiger partial charge in [-0.2, -0.15) is 0 Å². The van der Waals surface area contributed by atoms with Crippen molar-refractivity contribution >= 4 is 5.96 Å². The second kappa shape index (κ2) is 7.42. The minimum absolute atomic E-state index is 0.0503. The third-order valence-electron chi connectivity index (χ3n) is 2.72. The molecule has 1 atom stereocenters. The Kier molecular flexibility index (Phi) is 5.87. The van der Waals surface area contributed by atoms with Crippen LogP contribution in [0.1, 0.15) is 31.0 Å². The summed E-state index contributed by atoms with van der Waals surface area (Å²) in [4.78, 5) is 4.20. The molecule has 4 heteroatoms. The first-order chi connectivity index (χ1) is 9.08. The van der Waals surface area contributed by atoms with Gasteiger partial charge in [-0.15, -0.1) is 6.42 Å². The highest BCUT2D eigenvalue weighted by molar-refractivity contribution is 5.80. The van der Waals surface area contributed by atoms with Crippen LogP contribution < -0.4 is 10.6 Å². The number of nitrogens with zero attached hydrogens (tertiary/aromatic N) is 1. The van der Waals surface area contributed by atoms with Gasteiger partial charge in [-0.25, -0.2) is 9.38 Å². The van der Waals surface area contributed by atoms with Crippen molar-refractivity contribution in [1.82, 2.24) is 10.6 Å². The molecule has 0 spiro atoms. The van der Waals surface area contributed by atoms with E-state index in [4.69, 9.17) is 6.42 Å². The first-order valence-electron chi connectivity index (χ1n) is 6.32. The maximum Gasteiger partial charge on any atom is 0.192 e. The van der Waals surface area contributed by atoms with Crippen LogP contribution in [-0.2, 0) is 0 Å². The first kappa shape index (κ1) is 15.0. The zero-order chi connectivity index (χ0) is 14.3. The predicted octanol–water partition coefficient (Wildman–Crippen LogP) is 2.38. The Bertz CT molecular complexity index is 489. The van der Waals surface area contributed by atoms with Crippen LogP contribution >= 0.6 is 0 Å². The number of nitrogens with one attached hydrogen (secondary N) is 2. The van der Waals surface area contributed by atoms with Gasteiger partial charge in [0.1, 0.15) is 12.4 Å². The Morgan fingerprint density at radius 3 is 2.84 bits per heavy atom. The zero-order valence-corrected chi connectivity index (χ0v) is 11.6. The normalized spacial score (nSPS) is 12.7. The Labute approximate surface area is 114 Å². The molecular formula is C15H20FN3. The van der Waals surface area contributed by atoms with E-state index in [9.17, 15) is 4.39 Å². The topological polar surface area (TPSA) is 36.4 Å². The smallest absolute Gasteiger partial charge is 0.192 e. The van der Waals surface area contributed by atoms with Gasteiger partial charge in [0, 0.05) is 6.54 Å². The Morgan fingerprint density at radius 1 is 1.53 bits per heavy atom. The van der Waals surface area contributed by atoms with Crippen molar-refractivity contribution in [2.45, 2.75) is 26.8 Å². The maximum absolute atomic E-state index is 13.5. The number of rotatable bonds is 4. The summed E-state index contributed by atoms with van der Waals surface area (Å²) in [6.07, 6.45) is 5.19. The van der Waals surface area contributed by atoms with Crippen molar-refractivity contribution in [3.8, 4) is 12.3 Å². The van der Waals surface area contributed by atoms with Gasteiger partial charge in [-0.3, -0.25) is 0 Å². The van der Waals surface area contributed by atoms with Crippen molar-refractivity contribution in [2.24, 2.45) is 4.99 Å². The molecule has 19 heavy (non-hydrogen) atoms. The number of terminal acetylenes is 1. The molecule has 1 unspecified atom stereocenters. The minimum Gasteiger partial charge on any atom is -0.357 e. The van der Waals surface area contributed by atoms with E-state index in [-0.39, 0.29) is 11.9 Å². The average molecular weight is 261 g/mol. The molecule has 102 valence electrons. The molecule has 1 rings (SSSR count). The lowest BCUT2D eigenvalue weighted by Gasteiger charge is -2.18. The van der Waals surface area contributed by atoms with Gasteiger partial charge >= 0.3 is 0 Å². The summed E-state index contributed by atoms with van der Waals surface area (Å²) < 4.78 is 13.5. The van der Waals surface area contributed by atoms with Crippen LogP contribution in [0.2, 0.25) is 0 Å². The molecule has 1 aromatic rings. The molecule has 0 radical (unpaired) electrons. The number of hydrogen-bond donors (Lipinski definition) is 2. The third-order valence-corrected chi connectivity index (χ3v) is 2.72. The van der Waals surface area contributed by atoms with E-state index >= 15 is 0 Å². The van der Waals surface area contributed by atoms with Gasteiger partial charge in [0.05, 0.1) is 6.04 Å². The quantitative estimate of drug-likeness (QED) is 0.496. The molecule has 0 fully saturated rings. The number of halogens is 1. The molecule has 0 aromatic heterocycles. The van der Waals surface area contributed by atoms with Gasteiger partial charge in [-0.1, -0.05) is 18.1 Å². The molecule has 0 saturated heterocycles. The summed E-state index contributed by atoms with van der Waals surface area (Å²) in [5, 5.41) is 6.29. The van der Waals surface area contributed by atoms with Gasteiger partial charge in [-0.05, 0) is 38.0 Å². The third kappa shape index (κ3) is 4.63. The molecule has 0 bridgehead atoms. The summed E-state index contributed by atoms with van der Waals surface area (Å²) in [5.74, 6) is 2.89. The summed E-state index contributed by atoms with van der Waals surface area (Å²) in [6, 6.07) is 5.16. The molecule has 0 aliphatic carbocycles. The van der Waals surface area contributed by atoms with Crippen molar-refractivity contribution in [3.63, 3.8) is 0 Å². The number of benzene rings is 1. The Balaban J connectivity index is 2.78. The maximum atomic E-state index is 13.5. The van der Waals surface area contributed by atoms with E-state index in [1.54, 1.807) is 13.0 Å². The minimum atomic E-state index is -0.197. The summed E-state index contributed by atoms with van der Waals surface area (Å²) in [7, 11) is 0. The van der Waals surface area contributed by atoms with Gasteiger partial charge in [0.15, 0.2) is 5.96 Å². The largest absolute Gasteiger partial charge is 0.357 e. The number of aryl methyl sites for hydroxylation is 1. The highest BCUT2D eigenvalue weighted by Crippen LogP contribution is 2.16. The lowest BCUT2D eigenvalue weighted by Crippen LogP contribution is -2.38. The molecule has 0 aliphatic heterocycles. The average Bonchev–Trinajstić information content (AvgIpc) is 2.39. The highest BCUT2D eigenvalue weighted by atomic mass is 19.1.